The van der Waals surface area contributed by atoms with Gasteiger partial charge in [0.15, 0.2) is 5.82 Å². The van der Waals surface area contributed by atoms with Gasteiger partial charge in [0.25, 0.3) is 0 Å². The molecule has 0 aliphatic heterocycles. The summed E-state index contributed by atoms with van der Waals surface area (Å²) >= 11 is 0. The lowest BCUT2D eigenvalue weighted by Crippen LogP contribution is -1.96. The Balaban J connectivity index is 1.04. The van der Waals surface area contributed by atoms with E-state index in [1.165, 1.54) is 21.8 Å². The highest BCUT2D eigenvalue weighted by Gasteiger charge is 2.19. The van der Waals surface area contributed by atoms with E-state index in [-0.39, 0.29) is 0 Å². The maximum Gasteiger partial charge on any atom is 0.160 e. The first-order valence-electron chi connectivity index (χ1n) is 18.9. The van der Waals surface area contributed by atoms with E-state index in [2.05, 4.69) is 168 Å². The SMILES string of the molecule is c1ccc(-c2cc(-c3ccccc3)nc(-c3cccc(-c4cccc5c4oc4c(-c6ccc7c(c6)c6ccccc6n7-c6ccccc6)cccc45)c3)n2)cc1. The summed E-state index contributed by atoms with van der Waals surface area (Å²) in [4.78, 5) is 10.2. The molecule has 0 saturated heterocycles. The third-order valence-corrected chi connectivity index (χ3v) is 10.8. The molecule has 262 valence electrons. The fraction of sp³-hybridized carbons (Fsp3) is 0. The van der Waals surface area contributed by atoms with Gasteiger partial charge in [-0.15, -0.1) is 0 Å². The Hall–Kier alpha value is -7.56. The summed E-state index contributed by atoms with van der Waals surface area (Å²) < 4.78 is 9.31. The molecule has 11 rings (SSSR count). The number of hydrogen-bond donors (Lipinski definition) is 0. The fourth-order valence-electron chi connectivity index (χ4n) is 8.19. The standard InChI is InChI=1S/C52H33N3O/c1-4-15-34(16-5-1)46-33-47(35-17-6-2-7-18-35)54-52(53-46)38-20-12-19-36(31-38)40-24-13-26-43-44-27-14-25-41(51(44)56-50(40)43)37-29-30-49-45(32-37)42-23-10-11-28-48(42)55(49)39-21-8-3-9-22-39/h1-33H. The minimum Gasteiger partial charge on any atom is -0.455 e. The maximum atomic E-state index is 6.96. The number of aromatic nitrogens is 3. The molecule has 0 radical (unpaired) electrons. The van der Waals surface area contributed by atoms with Gasteiger partial charge in [-0.05, 0) is 53.6 Å². The van der Waals surface area contributed by atoms with Gasteiger partial charge in [-0.2, -0.15) is 0 Å². The molecule has 0 N–H and O–H groups in total. The minimum absolute atomic E-state index is 0.676. The molecule has 0 aliphatic rings. The van der Waals surface area contributed by atoms with Crippen LogP contribution in [0.1, 0.15) is 0 Å². The van der Waals surface area contributed by atoms with Crippen LogP contribution in [0.3, 0.4) is 0 Å². The van der Waals surface area contributed by atoms with E-state index in [9.17, 15) is 0 Å². The number of benzene rings is 8. The molecule has 4 nitrogen and oxygen atoms in total. The lowest BCUT2D eigenvalue weighted by molar-refractivity contribution is 0.671. The maximum absolute atomic E-state index is 6.96. The van der Waals surface area contributed by atoms with E-state index in [1.54, 1.807) is 0 Å². The van der Waals surface area contributed by atoms with Crippen LogP contribution in [-0.2, 0) is 0 Å². The van der Waals surface area contributed by atoms with E-state index in [0.29, 0.717) is 5.82 Å². The van der Waals surface area contributed by atoms with Crippen LogP contribution >= 0.6 is 0 Å². The van der Waals surface area contributed by atoms with Crippen molar-refractivity contribution in [2.75, 3.05) is 0 Å². The van der Waals surface area contributed by atoms with Crippen molar-refractivity contribution in [3.63, 3.8) is 0 Å². The molecular weight excluding hydrogens is 683 g/mol. The summed E-state index contributed by atoms with van der Waals surface area (Å²) in [5.74, 6) is 0.676. The first-order chi connectivity index (χ1) is 27.8. The van der Waals surface area contributed by atoms with E-state index < -0.39 is 0 Å². The van der Waals surface area contributed by atoms with E-state index >= 15 is 0 Å². The van der Waals surface area contributed by atoms with Gasteiger partial charge in [-0.3, -0.25) is 0 Å². The van der Waals surface area contributed by atoms with Crippen molar-refractivity contribution in [2.45, 2.75) is 0 Å². The first kappa shape index (κ1) is 31.9. The normalized spacial score (nSPS) is 11.6. The van der Waals surface area contributed by atoms with Crippen molar-refractivity contribution in [3.8, 4) is 61.8 Å². The fourth-order valence-corrected chi connectivity index (χ4v) is 8.19. The molecule has 8 aromatic carbocycles. The van der Waals surface area contributed by atoms with Gasteiger partial charge in [0.1, 0.15) is 11.2 Å². The molecule has 0 bridgehead atoms. The van der Waals surface area contributed by atoms with Crippen molar-refractivity contribution < 1.29 is 4.42 Å². The summed E-state index contributed by atoms with van der Waals surface area (Å²) in [6.07, 6.45) is 0. The van der Waals surface area contributed by atoms with Gasteiger partial charge in [-0.1, -0.05) is 158 Å². The van der Waals surface area contributed by atoms with Crippen LogP contribution < -0.4 is 0 Å². The lowest BCUT2D eigenvalue weighted by atomic mass is 9.98. The largest absolute Gasteiger partial charge is 0.455 e. The average molecular weight is 716 g/mol. The lowest BCUT2D eigenvalue weighted by Gasteiger charge is -2.10. The van der Waals surface area contributed by atoms with Gasteiger partial charge in [0, 0.05) is 55.0 Å². The summed E-state index contributed by atoms with van der Waals surface area (Å²) in [5.41, 5.74) is 14.3. The second kappa shape index (κ2) is 13.1. The number of rotatable bonds is 6. The molecule has 0 saturated carbocycles. The topological polar surface area (TPSA) is 43.9 Å². The minimum atomic E-state index is 0.676. The third-order valence-electron chi connectivity index (χ3n) is 10.8. The number of hydrogen-bond acceptors (Lipinski definition) is 3. The second-order valence-electron chi connectivity index (χ2n) is 14.2. The third kappa shape index (κ3) is 5.31. The molecule has 0 aliphatic carbocycles. The number of furan rings is 1. The monoisotopic (exact) mass is 715 g/mol. The number of nitrogens with zero attached hydrogens (tertiary/aromatic N) is 3. The molecule has 4 heteroatoms. The van der Waals surface area contributed by atoms with Crippen LogP contribution in [0.5, 0.6) is 0 Å². The van der Waals surface area contributed by atoms with Gasteiger partial charge in [0.2, 0.25) is 0 Å². The summed E-state index contributed by atoms with van der Waals surface area (Å²) in [6, 6.07) is 70.1. The molecule has 0 spiro atoms. The molecule has 0 amide bonds. The van der Waals surface area contributed by atoms with E-state index in [1.807, 2.05) is 36.4 Å². The van der Waals surface area contributed by atoms with Crippen molar-refractivity contribution in [3.05, 3.63) is 200 Å². The summed E-state index contributed by atoms with van der Waals surface area (Å²) in [6.45, 7) is 0. The highest BCUT2D eigenvalue weighted by atomic mass is 16.3. The van der Waals surface area contributed by atoms with Crippen molar-refractivity contribution in [1.29, 1.82) is 0 Å². The molecular formula is C52H33N3O. The molecule has 56 heavy (non-hydrogen) atoms. The predicted molar refractivity (Wildman–Crippen MR) is 231 cm³/mol. The Bertz CT molecular complexity index is 3180. The van der Waals surface area contributed by atoms with Crippen LogP contribution in [0.25, 0.3) is 106 Å². The van der Waals surface area contributed by atoms with Gasteiger partial charge >= 0.3 is 0 Å². The molecule has 0 fully saturated rings. The Kier molecular flexibility index (Phi) is 7.46. The van der Waals surface area contributed by atoms with E-state index in [4.69, 9.17) is 14.4 Å². The average Bonchev–Trinajstić information content (AvgIpc) is 3.83. The Morgan fingerprint density at radius 2 is 0.839 bits per heavy atom. The zero-order valence-electron chi connectivity index (χ0n) is 30.3. The summed E-state index contributed by atoms with van der Waals surface area (Å²) in [5, 5.41) is 4.61. The highest BCUT2D eigenvalue weighted by molar-refractivity contribution is 6.15. The van der Waals surface area contributed by atoms with Gasteiger partial charge < -0.3 is 8.98 Å². The van der Waals surface area contributed by atoms with Gasteiger partial charge in [-0.25, -0.2) is 9.97 Å². The second-order valence-corrected chi connectivity index (χ2v) is 14.2. The smallest absolute Gasteiger partial charge is 0.160 e. The van der Waals surface area contributed by atoms with Crippen LogP contribution in [0, 0.1) is 0 Å². The zero-order chi connectivity index (χ0) is 37.0. The van der Waals surface area contributed by atoms with Crippen molar-refractivity contribution in [1.82, 2.24) is 14.5 Å². The first-order valence-corrected chi connectivity index (χ1v) is 18.9. The Morgan fingerprint density at radius 3 is 1.50 bits per heavy atom. The Morgan fingerprint density at radius 1 is 0.339 bits per heavy atom. The zero-order valence-corrected chi connectivity index (χ0v) is 30.3. The number of para-hydroxylation sites is 4. The number of fused-ring (bicyclic) bond motifs is 6. The molecule has 0 atom stereocenters. The van der Waals surface area contributed by atoms with Crippen LogP contribution in [-0.4, -0.2) is 14.5 Å². The van der Waals surface area contributed by atoms with Crippen molar-refractivity contribution in [2.24, 2.45) is 0 Å². The molecule has 3 heterocycles. The molecule has 0 unspecified atom stereocenters. The van der Waals surface area contributed by atoms with E-state index in [0.717, 1.165) is 78.0 Å². The highest BCUT2D eigenvalue weighted by Crippen LogP contribution is 2.42. The Labute approximate surface area is 323 Å². The molecule has 11 aromatic rings. The van der Waals surface area contributed by atoms with Crippen LogP contribution in [0.2, 0.25) is 0 Å². The van der Waals surface area contributed by atoms with Crippen LogP contribution in [0.4, 0.5) is 0 Å². The molecule has 3 aromatic heterocycles. The van der Waals surface area contributed by atoms with Crippen LogP contribution in [0.15, 0.2) is 205 Å². The summed E-state index contributed by atoms with van der Waals surface area (Å²) in [7, 11) is 0. The van der Waals surface area contributed by atoms with Gasteiger partial charge in [0.05, 0.1) is 22.4 Å². The quantitative estimate of drug-likeness (QED) is 0.172. The van der Waals surface area contributed by atoms with Crippen molar-refractivity contribution >= 4 is 43.7 Å². The predicted octanol–water partition coefficient (Wildman–Crippen LogP) is 13.8.